The lowest BCUT2D eigenvalue weighted by molar-refractivity contribution is -0.155. The summed E-state index contributed by atoms with van der Waals surface area (Å²) in [4.78, 5) is 51.2. The van der Waals surface area contributed by atoms with Crippen molar-refractivity contribution in [3.63, 3.8) is 0 Å². The lowest BCUT2D eigenvalue weighted by atomic mass is 9.73. The molecule has 10 heteroatoms. The number of hydrogen-bond acceptors (Lipinski definition) is 7. The van der Waals surface area contributed by atoms with Crippen LogP contribution >= 0.6 is 0 Å². The van der Waals surface area contributed by atoms with Gasteiger partial charge in [-0.2, -0.15) is 0 Å². The van der Waals surface area contributed by atoms with E-state index in [4.69, 9.17) is 14.2 Å². The number of rotatable bonds is 7. The topological polar surface area (TPSA) is 123 Å². The van der Waals surface area contributed by atoms with Crippen LogP contribution in [0, 0.1) is 5.92 Å². The van der Waals surface area contributed by atoms with Crippen molar-refractivity contribution < 1.29 is 33.4 Å². The third-order valence-electron chi connectivity index (χ3n) is 6.13. The first-order valence-corrected chi connectivity index (χ1v) is 10.6. The number of ether oxygens (including phenoxy) is 3. The largest absolute Gasteiger partial charge is 0.497 e. The van der Waals surface area contributed by atoms with E-state index in [-0.39, 0.29) is 5.92 Å². The van der Waals surface area contributed by atoms with E-state index in [1.54, 1.807) is 18.2 Å². The van der Waals surface area contributed by atoms with E-state index in [1.807, 2.05) is 6.92 Å². The van der Waals surface area contributed by atoms with Crippen molar-refractivity contribution in [2.45, 2.75) is 51.2 Å². The summed E-state index contributed by atoms with van der Waals surface area (Å²) < 4.78 is 15.5. The second-order valence-corrected chi connectivity index (χ2v) is 8.13. The molecule has 1 heterocycles. The molecular weight excluding hydrogens is 418 g/mol. The van der Waals surface area contributed by atoms with Gasteiger partial charge in [0.05, 0.1) is 19.9 Å². The molecule has 1 aromatic carbocycles. The van der Waals surface area contributed by atoms with Gasteiger partial charge in [0.1, 0.15) is 23.6 Å². The molecule has 2 fully saturated rings. The zero-order valence-corrected chi connectivity index (χ0v) is 18.7. The number of carbonyl (C=O) groups excluding carboxylic acids is 4. The van der Waals surface area contributed by atoms with Crippen LogP contribution in [0.1, 0.15) is 39.5 Å². The molecule has 32 heavy (non-hydrogen) atoms. The number of urea groups is 1. The summed E-state index contributed by atoms with van der Waals surface area (Å²) in [6, 6.07) is 4.27. The predicted molar refractivity (Wildman–Crippen MR) is 114 cm³/mol. The lowest BCUT2D eigenvalue weighted by Gasteiger charge is -2.36. The average Bonchev–Trinajstić information content (AvgIpc) is 3.00. The second-order valence-electron chi connectivity index (χ2n) is 8.13. The highest BCUT2D eigenvalue weighted by Crippen LogP contribution is 2.38. The number of esters is 1. The van der Waals surface area contributed by atoms with Gasteiger partial charge in [-0.15, -0.1) is 0 Å². The van der Waals surface area contributed by atoms with Gasteiger partial charge in [0.25, 0.3) is 11.8 Å². The SMILES string of the molecule is COc1ccc(OC)c(NC(=O)C(C)OC(=O)CN2C(=O)NC3(CCCCC3C)C2=O)c1. The number of hydrogen-bond donors (Lipinski definition) is 2. The summed E-state index contributed by atoms with van der Waals surface area (Å²) in [5, 5.41) is 5.40. The third kappa shape index (κ3) is 4.49. The Morgan fingerprint density at radius 3 is 2.66 bits per heavy atom. The second kappa shape index (κ2) is 9.46. The van der Waals surface area contributed by atoms with Crippen LogP contribution in [0.25, 0.3) is 0 Å². The van der Waals surface area contributed by atoms with E-state index in [0.717, 1.165) is 24.2 Å². The highest BCUT2D eigenvalue weighted by atomic mass is 16.5. The van der Waals surface area contributed by atoms with Crippen molar-refractivity contribution in [1.29, 1.82) is 0 Å². The molecule has 174 valence electrons. The summed E-state index contributed by atoms with van der Waals surface area (Å²) in [5.74, 6) is -0.964. The Balaban J connectivity index is 1.61. The number of methoxy groups -OCH3 is 2. The van der Waals surface area contributed by atoms with Gasteiger partial charge >= 0.3 is 12.0 Å². The van der Waals surface area contributed by atoms with Gasteiger partial charge in [-0.3, -0.25) is 19.3 Å². The molecule has 3 unspecified atom stereocenters. The van der Waals surface area contributed by atoms with Gasteiger partial charge in [0, 0.05) is 6.07 Å². The van der Waals surface area contributed by atoms with Gasteiger partial charge in [-0.05, 0) is 37.8 Å². The first kappa shape index (κ1) is 23.4. The Bertz CT molecular complexity index is 919. The van der Waals surface area contributed by atoms with E-state index in [1.165, 1.54) is 21.1 Å². The van der Waals surface area contributed by atoms with Crippen molar-refractivity contribution in [3.05, 3.63) is 18.2 Å². The van der Waals surface area contributed by atoms with Gasteiger partial charge in [0.15, 0.2) is 6.10 Å². The zero-order valence-electron chi connectivity index (χ0n) is 18.7. The number of benzene rings is 1. The Morgan fingerprint density at radius 2 is 2.00 bits per heavy atom. The molecule has 3 rings (SSSR count). The van der Waals surface area contributed by atoms with Crippen LogP contribution in [-0.2, 0) is 19.1 Å². The number of nitrogens with one attached hydrogen (secondary N) is 2. The van der Waals surface area contributed by atoms with Gasteiger partial charge in [-0.1, -0.05) is 19.8 Å². The number of nitrogens with zero attached hydrogens (tertiary/aromatic N) is 1. The normalized spacial score (nSPS) is 23.5. The standard InChI is InChI=1S/C22H29N3O7/c1-13-7-5-6-10-22(13)20(28)25(21(29)24-22)12-18(26)32-14(2)19(27)23-16-11-15(30-3)8-9-17(16)31-4/h8-9,11,13-14H,5-7,10,12H2,1-4H3,(H,23,27)(H,24,29). The van der Waals surface area contributed by atoms with Gasteiger partial charge in [0.2, 0.25) is 0 Å². The number of anilines is 1. The molecule has 2 N–H and O–H groups in total. The van der Waals surface area contributed by atoms with E-state index in [2.05, 4.69) is 10.6 Å². The van der Waals surface area contributed by atoms with Crippen LogP contribution in [0.3, 0.4) is 0 Å². The summed E-state index contributed by atoms with van der Waals surface area (Å²) >= 11 is 0. The minimum atomic E-state index is -1.17. The average molecular weight is 447 g/mol. The molecule has 0 aromatic heterocycles. The highest BCUT2D eigenvalue weighted by Gasteiger charge is 2.55. The molecule has 1 aliphatic heterocycles. The smallest absolute Gasteiger partial charge is 0.327 e. The maximum atomic E-state index is 13.0. The molecule has 1 saturated heterocycles. The van der Waals surface area contributed by atoms with Gasteiger partial charge in [-0.25, -0.2) is 4.79 Å². The van der Waals surface area contributed by atoms with Gasteiger partial charge < -0.3 is 24.8 Å². The molecule has 1 aromatic rings. The summed E-state index contributed by atoms with van der Waals surface area (Å²) in [5.41, 5.74) is -0.608. The van der Waals surface area contributed by atoms with Crippen molar-refractivity contribution in [2.24, 2.45) is 5.92 Å². The minimum Gasteiger partial charge on any atom is -0.497 e. The van der Waals surface area contributed by atoms with E-state index in [9.17, 15) is 19.2 Å². The van der Waals surface area contributed by atoms with Crippen LogP contribution in [0.4, 0.5) is 10.5 Å². The number of imide groups is 1. The predicted octanol–water partition coefficient (Wildman–Crippen LogP) is 2.07. The van der Waals surface area contributed by atoms with Crippen LogP contribution in [0.2, 0.25) is 0 Å². The molecule has 2 aliphatic rings. The Hall–Kier alpha value is -3.30. The molecule has 0 bridgehead atoms. The molecule has 3 atom stereocenters. The zero-order chi connectivity index (χ0) is 23.5. The summed E-state index contributed by atoms with van der Waals surface area (Å²) in [6.45, 7) is 2.77. The molecular formula is C22H29N3O7. The van der Waals surface area contributed by atoms with Crippen LogP contribution in [-0.4, -0.2) is 61.1 Å². The maximum Gasteiger partial charge on any atom is 0.327 e. The van der Waals surface area contributed by atoms with Crippen LogP contribution < -0.4 is 20.1 Å². The highest BCUT2D eigenvalue weighted by molar-refractivity contribution is 6.09. The van der Waals surface area contributed by atoms with Crippen LogP contribution in [0.15, 0.2) is 18.2 Å². The van der Waals surface area contributed by atoms with Crippen molar-refractivity contribution in [2.75, 3.05) is 26.1 Å². The molecule has 0 radical (unpaired) electrons. The molecule has 1 aliphatic carbocycles. The Morgan fingerprint density at radius 1 is 1.25 bits per heavy atom. The van der Waals surface area contributed by atoms with E-state index < -0.39 is 42.0 Å². The van der Waals surface area contributed by atoms with Crippen molar-refractivity contribution in [3.8, 4) is 11.5 Å². The molecule has 10 nitrogen and oxygen atoms in total. The van der Waals surface area contributed by atoms with Crippen molar-refractivity contribution in [1.82, 2.24) is 10.2 Å². The van der Waals surface area contributed by atoms with Crippen LogP contribution in [0.5, 0.6) is 11.5 Å². The molecule has 1 spiro atoms. The number of amides is 4. The maximum absolute atomic E-state index is 13.0. The quantitative estimate of drug-likeness (QED) is 0.484. The monoisotopic (exact) mass is 447 g/mol. The lowest BCUT2D eigenvalue weighted by Crippen LogP contribution is -2.54. The fourth-order valence-corrected chi connectivity index (χ4v) is 4.20. The third-order valence-corrected chi connectivity index (χ3v) is 6.13. The van der Waals surface area contributed by atoms with E-state index in [0.29, 0.717) is 23.6 Å². The number of carbonyl (C=O) groups is 4. The Kier molecular flexibility index (Phi) is 6.90. The summed E-state index contributed by atoms with van der Waals surface area (Å²) in [6.07, 6.45) is 2.04. The minimum absolute atomic E-state index is 0.0173. The molecule has 1 saturated carbocycles. The van der Waals surface area contributed by atoms with E-state index >= 15 is 0 Å². The Labute approximate surface area is 186 Å². The first-order valence-electron chi connectivity index (χ1n) is 10.6. The van der Waals surface area contributed by atoms with Crippen molar-refractivity contribution >= 4 is 29.5 Å². The summed E-state index contributed by atoms with van der Waals surface area (Å²) in [7, 11) is 2.95. The fourth-order valence-electron chi connectivity index (χ4n) is 4.20. The first-order chi connectivity index (χ1) is 15.2. The fraction of sp³-hybridized carbons (Fsp3) is 0.545. The molecule has 4 amide bonds.